The van der Waals surface area contributed by atoms with E-state index in [-0.39, 0.29) is 35.0 Å². The van der Waals surface area contributed by atoms with E-state index in [0.29, 0.717) is 22.2 Å². The van der Waals surface area contributed by atoms with Gasteiger partial charge in [0.15, 0.2) is 29.0 Å². The molecule has 8 heteroatoms. The maximum Gasteiger partial charge on any atom is 0.348 e. The van der Waals surface area contributed by atoms with Crippen LogP contribution in [0.25, 0.3) is 39.2 Å². The van der Waals surface area contributed by atoms with E-state index in [1.165, 1.54) is 12.3 Å². The van der Waals surface area contributed by atoms with Gasteiger partial charge in [-0.1, -0.05) is 19.1 Å². The molecular formula is C24H20FN4O3+. The number of carbonyl (C=O) groups is 1. The van der Waals surface area contributed by atoms with Gasteiger partial charge in [-0.3, -0.25) is 4.79 Å². The van der Waals surface area contributed by atoms with Crippen LogP contribution in [0.15, 0.2) is 29.2 Å². The highest BCUT2D eigenvalue weighted by Crippen LogP contribution is 2.33. The molecule has 0 amide bonds. The first kappa shape index (κ1) is 19.0. The Morgan fingerprint density at radius 2 is 2.12 bits per heavy atom. The van der Waals surface area contributed by atoms with Crippen LogP contribution in [0.2, 0.25) is 0 Å². The molecular weight excluding hydrogens is 411 g/mol. The average molecular weight is 431 g/mol. The van der Waals surface area contributed by atoms with Gasteiger partial charge in [-0.2, -0.15) is 4.57 Å². The first-order valence-corrected chi connectivity index (χ1v) is 10.8. The molecule has 1 saturated carbocycles. The number of esters is 1. The number of aromatic amines is 1. The van der Waals surface area contributed by atoms with Crippen LogP contribution in [0.3, 0.4) is 0 Å². The fraction of sp³-hybridized carbons (Fsp3) is 0.292. The minimum Gasteiger partial charge on any atom is -0.462 e. The van der Waals surface area contributed by atoms with Crippen molar-refractivity contribution in [2.75, 3.05) is 6.61 Å². The zero-order valence-corrected chi connectivity index (χ0v) is 17.6. The van der Waals surface area contributed by atoms with E-state index >= 15 is 4.39 Å². The molecule has 1 aromatic carbocycles. The van der Waals surface area contributed by atoms with Crippen LogP contribution in [-0.2, 0) is 4.74 Å². The van der Waals surface area contributed by atoms with Crippen LogP contribution in [0.1, 0.15) is 54.6 Å². The minimum absolute atomic E-state index is 0.0912. The molecule has 0 spiro atoms. The molecule has 160 valence electrons. The number of benzene rings is 1. The Bertz CT molecular complexity index is 1620. The smallest absolute Gasteiger partial charge is 0.348 e. The fourth-order valence-corrected chi connectivity index (χ4v) is 4.60. The summed E-state index contributed by atoms with van der Waals surface area (Å²) in [5, 5.41) is 0.925. The molecule has 7 nitrogen and oxygen atoms in total. The summed E-state index contributed by atoms with van der Waals surface area (Å²) in [7, 11) is 0. The second-order valence-corrected chi connectivity index (χ2v) is 8.40. The van der Waals surface area contributed by atoms with Gasteiger partial charge in [-0.25, -0.2) is 19.2 Å². The van der Waals surface area contributed by atoms with Crippen LogP contribution < -0.4 is 15.3 Å². The molecule has 1 N–H and O–H groups in total. The Labute approximate surface area is 181 Å². The van der Waals surface area contributed by atoms with Crippen LogP contribution in [0, 0.1) is 5.82 Å². The Balaban J connectivity index is 1.75. The highest BCUT2D eigenvalue weighted by Gasteiger charge is 2.37. The monoisotopic (exact) mass is 431 g/mol. The van der Waals surface area contributed by atoms with Crippen molar-refractivity contribution < 1.29 is 18.5 Å². The Kier molecular flexibility index (Phi) is 3.96. The molecule has 1 atom stereocenters. The zero-order valence-electron chi connectivity index (χ0n) is 17.6. The third-order valence-corrected chi connectivity index (χ3v) is 6.25. The summed E-state index contributed by atoms with van der Waals surface area (Å²) in [4.78, 5) is 38.1. The molecule has 3 heterocycles. The van der Waals surface area contributed by atoms with Gasteiger partial charge in [-0.05, 0) is 19.1 Å². The SMILES string of the molecule is CCOC(=O)c1c[n+](C2CC2)c2c(cc(F)c3[nH]c4c5c(nc4nc32)=CC=CC5C)c1=O. The van der Waals surface area contributed by atoms with E-state index in [1.54, 1.807) is 6.92 Å². The number of hydrogen-bond donors (Lipinski definition) is 1. The Hall–Kier alpha value is -3.68. The molecule has 2 aliphatic carbocycles. The molecule has 0 aliphatic heterocycles. The van der Waals surface area contributed by atoms with E-state index in [1.807, 2.05) is 16.7 Å². The summed E-state index contributed by atoms with van der Waals surface area (Å²) in [6, 6.07) is 1.32. The summed E-state index contributed by atoms with van der Waals surface area (Å²) in [6.45, 7) is 3.88. The van der Waals surface area contributed by atoms with Crippen molar-refractivity contribution in [3.63, 3.8) is 0 Å². The number of halogens is 1. The number of fused-ring (bicyclic) bond motifs is 6. The summed E-state index contributed by atoms with van der Waals surface area (Å²) in [5.74, 6) is -1.18. The summed E-state index contributed by atoms with van der Waals surface area (Å²) >= 11 is 0. The quantitative estimate of drug-likeness (QED) is 0.306. The van der Waals surface area contributed by atoms with E-state index in [2.05, 4.69) is 23.0 Å². The number of pyridine rings is 1. The lowest BCUT2D eigenvalue weighted by atomic mass is 9.98. The van der Waals surface area contributed by atoms with Crippen molar-refractivity contribution in [2.45, 2.75) is 38.6 Å². The molecule has 1 unspecified atom stereocenters. The number of hydrogen-bond acceptors (Lipinski definition) is 5. The number of rotatable bonds is 3. The molecule has 0 saturated heterocycles. The molecule has 4 aromatic rings. The fourth-order valence-electron chi connectivity index (χ4n) is 4.60. The lowest BCUT2D eigenvalue weighted by Gasteiger charge is -2.10. The molecule has 6 rings (SSSR count). The normalized spacial score (nSPS) is 17.7. The van der Waals surface area contributed by atoms with Gasteiger partial charge in [0.25, 0.3) is 0 Å². The number of nitrogens with one attached hydrogen (secondary N) is 1. The van der Waals surface area contributed by atoms with Crippen LogP contribution >= 0.6 is 0 Å². The number of allylic oxidation sites excluding steroid dienone is 2. The maximum absolute atomic E-state index is 15.3. The number of nitrogens with zero attached hydrogens (tertiary/aromatic N) is 3. The van der Waals surface area contributed by atoms with Crippen molar-refractivity contribution >= 4 is 45.1 Å². The molecule has 3 aromatic heterocycles. The summed E-state index contributed by atoms with van der Waals surface area (Å²) in [5.41, 5.74) is 2.57. The van der Waals surface area contributed by atoms with E-state index < -0.39 is 17.2 Å². The Morgan fingerprint density at radius 3 is 2.88 bits per heavy atom. The topological polar surface area (TPSA) is 88.8 Å². The lowest BCUT2D eigenvalue weighted by Crippen LogP contribution is -2.38. The van der Waals surface area contributed by atoms with Gasteiger partial charge in [-0.15, -0.1) is 0 Å². The number of aromatic nitrogens is 4. The van der Waals surface area contributed by atoms with Crippen molar-refractivity contribution in [1.29, 1.82) is 0 Å². The van der Waals surface area contributed by atoms with Crippen LogP contribution in [-0.4, -0.2) is 27.5 Å². The van der Waals surface area contributed by atoms with Gasteiger partial charge < -0.3 is 9.72 Å². The molecule has 32 heavy (non-hydrogen) atoms. The predicted octanol–water partition coefficient (Wildman–Crippen LogP) is 2.74. The summed E-state index contributed by atoms with van der Waals surface area (Å²) in [6.07, 6.45) is 9.27. The highest BCUT2D eigenvalue weighted by atomic mass is 19.1. The third-order valence-electron chi connectivity index (χ3n) is 6.25. The maximum atomic E-state index is 15.3. The van der Waals surface area contributed by atoms with E-state index in [0.717, 1.165) is 23.8 Å². The van der Waals surface area contributed by atoms with Crippen molar-refractivity contribution in [2.24, 2.45) is 0 Å². The van der Waals surface area contributed by atoms with Crippen LogP contribution in [0.4, 0.5) is 4.39 Å². The van der Waals surface area contributed by atoms with Crippen molar-refractivity contribution in [1.82, 2.24) is 15.0 Å². The van der Waals surface area contributed by atoms with E-state index in [9.17, 15) is 9.59 Å². The predicted molar refractivity (Wildman–Crippen MR) is 117 cm³/mol. The summed E-state index contributed by atoms with van der Waals surface area (Å²) < 4.78 is 22.2. The zero-order chi connectivity index (χ0) is 22.1. The average Bonchev–Trinajstić information content (AvgIpc) is 3.54. The van der Waals surface area contributed by atoms with Crippen molar-refractivity contribution in [3.8, 4) is 0 Å². The lowest BCUT2D eigenvalue weighted by molar-refractivity contribution is -0.674. The second kappa shape index (κ2) is 6.66. The van der Waals surface area contributed by atoms with E-state index in [4.69, 9.17) is 9.72 Å². The second-order valence-electron chi connectivity index (χ2n) is 8.40. The highest BCUT2D eigenvalue weighted by molar-refractivity contribution is 6.04. The van der Waals surface area contributed by atoms with Gasteiger partial charge >= 0.3 is 5.97 Å². The number of ether oxygens (including phenoxy) is 1. The van der Waals surface area contributed by atoms with Gasteiger partial charge in [0.1, 0.15) is 16.7 Å². The molecule has 0 radical (unpaired) electrons. The standard InChI is InChI=1S/C24H19FN4O3/c1-3-32-24(31)14-10-29(12-7-8-12)21-13(22(14)30)9-15(25)18-20(21)28-23-19(27-18)17-11(2)5-4-6-16(17)26-23/h4-6,9-12H,3,7-8H2,1-2H3/p+1. The first-order chi connectivity index (χ1) is 15.5. The van der Waals surface area contributed by atoms with Gasteiger partial charge in [0.05, 0.1) is 17.5 Å². The number of H-pyrrole nitrogens is 1. The van der Waals surface area contributed by atoms with Crippen molar-refractivity contribution in [3.05, 3.63) is 56.9 Å². The Morgan fingerprint density at radius 1 is 1.31 bits per heavy atom. The molecule has 2 aliphatic rings. The number of carbonyl (C=O) groups excluding carboxylic acids is 1. The third kappa shape index (κ3) is 2.62. The van der Waals surface area contributed by atoms with Crippen LogP contribution in [0.5, 0.6) is 0 Å². The van der Waals surface area contributed by atoms with Gasteiger partial charge in [0.2, 0.25) is 10.9 Å². The molecule has 1 fully saturated rings. The van der Waals surface area contributed by atoms with Gasteiger partial charge in [0, 0.05) is 24.3 Å². The first-order valence-electron chi connectivity index (χ1n) is 10.8. The molecule has 0 bridgehead atoms. The largest absolute Gasteiger partial charge is 0.462 e. The minimum atomic E-state index is -0.702.